The van der Waals surface area contributed by atoms with Gasteiger partial charge in [-0.3, -0.25) is 4.79 Å². The van der Waals surface area contributed by atoms with E-state index in [0.717, 1.165) is 45.2 Å². The summed E-state index contributed by atoms with van der Waals surface area (Å²) in [5, 5.41) is 3.05. The number of unbranched alkanes of at least 4 members (excludes halogenated alkanes) is 3. The molecule has 0 saturated carbocycles. The van der Waals surface area contributed by atoms with Crippen LogP contribution in [-0.4, -0.2) is 19.0 Å². The second kappa shape index (κ2) is 9.23. The van der Waals surface area contributed by atoms with Crippen LogP contribution < -0.4 is 11.1 Å². The average Bonchev–Trinajstić information content (AvgIpc) is 2.37. The van der Waals surface area contributed by atoms with E-state index in [0.29, 0.717) is 12.3 Å². The quantitative estimate of drug-likeness (QED) is 0.504. The summed E-state index contributed by atoms with van der Waals surface area (Å²) in [6.07, 6.45) is 13.0. The molecule has 17 heavy (non-hydrogen) atoms. The Morgan fingerprint density at radius 3 is 2.76 bits per heavy atom. The van der Waals surface area contributed by atoms with Crippen molar-refractivity contribution < 1.29 is 4.79 Å². The molecule has 0 fully saturated rings. The van der Waals surface area contributed by atoms with Gasteiger partial charge in [-0.05, 0) is 44.6 Å². The minimum absolute atomic E-state index is 0.215. The van der Waals surface area contributed by atoms with Gasteiger partial charge in [0.15, 0.2) is 0 Å². The molecule has 0 aliphatic heterocycles. The lowest BCUT2D eigenvalue weighted by molar-refractivity contribution is -0.121. The maximum Gasteiger partial charge on any atom is 0.220 e. The van der Waals surface area contributed by atoms with Crippen LogP contribution in [-0.2, 0) is 4.79 Å². The number of amides is 1. The van der Waals surface area contributed by atoms with Crippen molar-refractivity contribution in [1.82, 2.24) is 5.32 Å². The van der Waals surface area contributed by atoms with Gasteiger partial charge in [-0.1, -0.05) is 25.0 Å². The van der Waals surface area contributed by atoms with Crippen LogP contribution in [0.15, 0.2) is 12.2 Å². The summed E-state index contributed by atoms with van der Waals surface area (Å²) in [6, 6.07) is 0. The van der Waals surface area contributed by atoms with Crippen molar-refractivity contribution in [2.75, 3.05) is 13.1 Å². The van der Waals surface area contributed by atoms with E-state index in [1.165, 1.54) is 12.8 Å². The Labute approximate surface area is 105 Å². The van der Waals surface area contributed by atoms with E-state index >= 15 is 0 Å². The van der Waals surface area contributed by atoms with Gasteiger partial charge >= 0.3 is 0 Å². The first-order chi connectivity index (χ1) is 8.33. The highest BCUT2D eigenvalue weighted by atomic mass is 16.1. The third-order valence-electron chi connectivity index (χ3n) is 3.32. The van der Waals surface area contributed by atoms with Gasteiger partial charge in [0.1, 0.15) is 0 Å². The summed E-state index contributed by atoms with van der Waals surface area (Å²) in [4.78, 5) is 11.6. The first-order valence-electron chi connectivity index (χ1n) is 6.94. The van der Waals surface area contributed by atoms with Crippen molar-refractivity contribution in [3.63, 3.8) is 0 Å². The fraction of sp³-hybridized carbons (Fsp3) is 0.786. The molecule has 3 N–H and O–H groups in total. The fourth-order valence-corrected chi connectivity index (χ4v) is 2.17. The molecule has 3 nitrogen and oxygen atoms in total. The molecule has 0 heterocycles. The van der Waals surface area contributed by atoms with E-state index in [1.54, 1.807) is 0 Å². The van der Waals surface area contributed by atoms with Crippen LogP contribution in [0.4, 0.5) is 0 Å². The zero-order chi connectivity index (χ0) is 12.3. The van der Waals surface area contributed by atoms with E-state index in [2.05, 4.69) is 17.5 Å². The molecule has 98 valence electrons. The number of nitrogens with two attached hydrogens (primary N) is 1. The Bertz CT molecular complexity index is 238. The summed E-state index contributed by atoms with van der Waals surface area (Å²) in [5.74, 6) is 0.869. The third kappa shape index (κ3) is 7.16. The second-order valence-electron chi connectivity index (χ2n) is 4.91. The van der Waals surface area contributed by atoms with Crippen LogP contribution in [0.2, 0.25) is 0 Å². The first kappa shape index (κ1) is 14.2. The van der Waals surface area contributed by atoms with Gasteiger partial charge in [0.2, 0.25) is 5.91 Å². The van der Waals surface area contributed by atoms with Crippen LogP contribution in [0.1, 0.15) is 51.4 Å². The number of hydrogen-bond donors (Lipinski definition) is 2. The Hall–Kier alpha value is -0.830. The van der Waals surface area contributed by atoms with Crippen LogP contribution >= 0.6 is 0 Å². The third-order valence-corrected chi connectivity index (χ3v) is 3.32. The molecule has 0 aromatic heterocycles. The molecular weight excluding hydrogens is 212 g/mol. The molecular formula is C14H26N2O. The molecule has 0 spiro atoms. The van der Waals surface area contributed by atoms with Gasteiger partial charge in [-0.15, -0.1) is 0 Å². The van der Waals surface area contributed by atoms with Gasteiger partial charge in [0.25, 0.3) is 0 Å². The summed E-state index contributed by atoms with van der Waals surface area (Å²) in [5.41, 5.74) is 5.42. The van der Waals surface area contributed by atoms with Gasteiger partial charge in [0.05, 0.1) is 0 Å². The zero-order valence-corrected chi connectivity index (χ0v) is 10.8. The number of carbonyl (C=O) groups excluding carboxylic acids is 1. The Morgan fingerprint density at radius 2 is 2.06 bits per heavy atom. The summed E-state index contributed by atoms with van der Waals surface area (Å²) in [6.45, 7) is 1.62. The molecule has 0 radical (unpaired) electrons. The van der Waals surface area contributed by atoms with E-state index in [1.807, 2.05) is 0 Å². The predicted molar refractivity (Wildman–Crippen MR) is 71.6 cm³/mol. The van der Waals surface area contributed by atoms with Crippen molar-refractivity contribution in [2.24, 2.45) is 11.7 Å². The molecule has 3 heteroatoms. The minimum Gasteiger partial charge on any atom is -0.356 e. The number of nitrogens with one attached hydrogen (secondary N) is 1. The van der Waals surface area contributed by atoms with E-state index in [4.69, 9.17) is 5.73 Å². The van der Waals surface area contributed by atoms with Crippen LogP contribution in [0, 0.1) is 5.92 Å². The summed E-state index contributed by atoms with van der Waals surface area (Å²) < 4.78 is 0. The zero-order valence-electron chi connectivity index (χ0n) is 10.8. The van der Waals surface area contributed by atoms with E-state index < -0.39 is 0 Å². The van der Waals surface area contributed by atoms with Crippen molar-refractivity contribution in [2.45, 2.75) is 51.4 Å². The van der Waals surface area contributed by atoms with E-state index in [9.17, 15) is 4.79 Å². The maximum atomic E-state index is 11.6. The van der Waals surface area contributed by atoms with E-state index in [-0.39, 0.29) is 5.91 Å². The molecule has 0 saturated heterocycles. The summed E-state index contributed by atoms with van der Waals surface area (Å²) >= 11 is 0. The lowest BCUT2D eigenvalue weighted by atomic mass is 9.94. The van der Waals surface area contributed by atoms with Gasteiger partial charge in [-0.2, -0.15) is 0 Å². The van der Waals surface area contributed by atoms with Crippen LogP contribution in [0.3, 0.4) is 0 Å². The first-order valence-corrected chi connectivity index (χ1v) is 6.94. The number of rotatable bonds is 8. The van der Waals surface area contributed by atoms with Gasteiger partial charge in [0, 0.05) is 13.0 Å². The number of carbonyl (C=O) groups is 1. The fourth-order valence-electron chi connectivity index (χ4n) is 2.17. The largest absolute Gasteiger partial charge is 0.356 e. The Balaban J connectivity index is 1.95. The molecule has 1 atom stereocenters. The molecule has 0 aromatic carbocycles. The van der Waals surface area contributed by atoms with Gasteiger partial charge in [-0.25, -0.2) is 0 Å². The van der Waals surface area contributed by atoms with Crippen molar-refractivity contribution in [3.05, 3.63) is 12.2 Å². The Kier molecular flexibility index (Phi) is 7.72. The number of allylic oxidation sites excluding steroid dienone is 2. The van der Waals surface area contributed by atoms with Gasteiger partial charge < -0.3 is 11.1 Å². The molecule has 1 amide bonds. The highest BCUT2D eigenvalue weighted by molar-refractivity contribution is 5.75. The Morgan fingerprint density at radius 1 is 1.24 bits per heavy atom. The maximum absolute atomic E-state index is 11.6. The smallest absolute Gasteiger partial charge is 0.220 e. The number of hydrogen-bond acceptors (Lipinski definition) is 2. The monoisotopic (exact) mass is 238 g/mol. The molecule has 1 aliphatic rings. The van der Waals surface area contributed by atoms with Crippen LogP contribution in [0.5, 0.6) is 0 Å². The lowest BCUT2D eigenvalue weighted by Crippen LogP contribution is -2.29. The van der Waals surface area contributed by atoms with Crippen molar-refractivity contribution in [3.8, 4) is 0 Å². The standard InChI is InChI=1S/C14H26N2O/c15-11-7-2-1-6-10-14(17)16-12-13-8-4-3-5-9-13/h3-4,13H,1-2,5-12,15H2,(H,16,17). The highest BCUT2D eigenvalue weighted by Gasteiger charge is 2.10. The average molecular weight is 238 g/mol. The minimum atomic E-state index is 0.215. The highest BCUT2D eigenvalue weighted by Crippen LogP contribution is 2.16. The lowest BCUT2D eigenvalue weighted by Gasteiger charge is -2.18. The van der Waals surface area contributed by atoms with Crippen molar-refractivity contribution in [1.29, 1.82) is 0 Å². The topological polar surface area (TPSA) is 55.1 Å². The molecule has 0 bridgehead atoms. The van der Waals surface area contributed by atoms with Crippen molar-refractivity contribution >= 4 is 5.91 Å². The molecule has 1 aliphatic carbocycles. The normalized spacial score (nSPS) is 19.2. The SMILES string of the molecule is NCCCCCCC(=O)NCC1CC=CCC1. The molecule has 1 rings (SSSR count). The van der Waals surface area contributed by atoms with Crippen LogP contribution in [0.25, 0.3) is 0 Å². The molecule has 1 unspecified atom stereocenters. The predicted octanol–water partition coefficient (Wildman–Crippen LogP) is 2.37. The summed E-state index contributed by atoms with van der Waals surface area (Å²) in [7, 11) is 0. The molecule has 0 aromatic rings. The second-order valence-corrected chi connectivity index (χ2v) is 4.91.